The third kappa shape index (κ3) is 4.31. The summed E-state index contributed by atoms with van der Waals surface area (Å²) in [6.45, 7) is 10.6. The van der Waals surface area contributed by atoms with Crippen molar-refractivity contribution in [3.05, 3.63) is 44.9 Å². The van der Waals surface area contributed by atoms with Crippen molar-refractivity contribution >= 4 is 22.9 Å². The normalized spacial score (nSPS) is 16.1. The minimum absolute atomic E-state index is 0.00894. The molecule has 0 aromatic carbocycles. The van der Waals surface area contributed by atoms with Crippen molar-refractivity contribution in [3.63, 3.8) is 0 Å². The maximum Gasteiger partial charge on any atom is 0.193 e. The molecule has 3 rings (SSSR count). The predicted octanol–water partition coefficient (Wildman–Crippen LogP) is 2.94. The van der Waals surface area contributed by atoms with Crippen molar-refractivity contribution in [2.75, 3.05) is 39.3 Å². The quantitative estimate of drug-likeness (QED) is 0.758. The summed E-state index contributed by atoms with van der Waals surface area (Å²) in [6, 6.07) is 4.29. The number of aryl methyl sites for hydroxylation is 1. The second-order valence-corrected chi connectivity index (χ2v) is 8.08. The summed E-state index contributed by atoms with van der Waals surface area (Å²) in [5, 5.41) is 2.13. The second-order valence-electron chi connectivity index (χ2n) is 7.05. The predicted molar refractivity (Wildman–Crippen MR) is 106 cm³/mol. The summed E-state index contributed by atoms with van der Waals surface area (Å²) in [4.78, 5) is 33.7. The Hall–Kier alpha value is -1.76. The van der Waals surface area contributed by atoms with Crippen molar-refractivity contribution in [1.29, 1.82) is 0 Å². The zero-order valence-corrected chi connectivity index (χ0v) is 16.6. The monoisotopic (exact) mass is 373 g/mol. The number of nitrogens with one attached hydrogen (secondary N) is 1. The molecule has 0 atom stereocenters. The van der Waals surface area contributed by atoms with E-state index in [0.29, 0.717) is 17.8 Å². The summed E-state index contributed by atoms with van der Waals surface area (Å²) >= 11 is 1.82. The van der Waals surface area contributed by atoms with Crippen molar-refractivity contribution in [2.45, 2.75) is 27.2 Å². The van der Waals surface area contributed by atoms with E-state index in [0.717, 1.165) is 50.4 Å². The third-order valence-electron chi connectivity index (χ3n) is 5.16. The summed E-state index contributed by atoms with van der Waals surface area (Å²) in [6.07, 6.45) is 1.10. The molecule has 0 spiro atoms. The van der Waals surface area contributed by atoms with E-state index in [2.05, 4.69) is 32.3 Å². The van der Waals surface area contributed by atoms with E-state index in [1.807, 2.05) is 25.2 Å². The van der Waals surface area contributed by atoms with Crippen LogP contribution in [0.15, 0.2) is 17.5 Å². The van der Waals surface area contributed by atoms with Gasteiger partial charge in [0.15, 0.2) is 11.6 Å². The average molecular weight is 374 g/mol. The van der Waals surface area contributed by atoms with E-state index >= 15 is 0 Å². The van der Waals surface area contributed by atoms with Gasteiger partial charge in [0.05, 0.1) is 12.2 Å². The van der Waals surface area contributed by atoms with Crippen molar-refractivity contribution in [3.8, 4) is 0 Å². The fourth-order valence-electron chi connectivity index (χ4n) is 3.73. The Labute approximate surface area is 159 Å². The lowest BCUT2D eigenvalue weighted by molar-refractivity contribution is 0.0849. The van der Waals surface area contributed by atoms with Crippen LogP contribution in [0.5, 0.6) is 0 Å². The number of ketones is 2. The number of carbonyl (C=O) groups is 2. The highest BCUT2D eigenvalue weighted by Crippen LogP contribution is 2.19. The van der Waals surface area contributed by atoms with E-state index in [9.17, 15) is 9.59 Å². The molecule has 26 heavy (non-hydrogen) atoms. The third-order valence-corrected chi connectivity index (χ3v) is 6.09. The maximum atomic E-state index is 12.7. The van der Waals surface area contributed by atoms with Crippen LogP contribution < -0.4 is 0 Å². The molecule has 2 aromatic heterocycles. The first-order valence-electron chi connectivity index (χ1n) is 9.16. The van der Waals surface area contributed by atoms with Gasteiger partial charge in [0.25, 0.3) is 0 Å². The molecule has 2 aromatic rings. The molecule has 0 aliphatic carbocycles. The largest absolute Gasteiger partial charge is 0.355 e. The van der Waals surface area contributed by atoms with Gasteiger partial charge in [-0.05, 0) is 44.2 Å². The van der Waals surface area contributed by atoms with Gasteiger partial charge in [0.1, 0.15) is 0 Å². The molecule has 1 N–H and O–H groups in total. The topological polar surface area (TPSA) is 56.4 Å². The van der Waals surface area contributed by atoms with Crippen molar-refractivity contribution < 1.29 is 9.59 Å². The minimum atomic E-state index is 0.00894. The molecular formula is C20H27N3O2S. The van der Waals surface area contributed by atoms with Crippen LogP contribution >= 0.6 is 11.3 Å². The van der Waals surface area contributed by atoms with Crippen LogP contribution in [0.3, 0.4) is 0 Å². The molecule has 1 saturated heterocycles. The zero-order chi connectivity index (χ0) is 18.7. The van der Waals surface area contributed by atoms with Crippen molar-refractivity contribution in [2.24, 2.45) is 0 Å². The Balaban J connectivity index is 1.50. The Morgan fingerprint density at radius 2 is 1.85 bits per heavy atom. The number of aromatic nitrogens is 1. The van der Waals surface area contributed by atoms with E-state index in [1.165, 1.54) is 4.88 Å². The molecule has 1 fully saturated rings. The van der Waals surface area contributed by atoms with Crippen molar-refractivity contribution in [1.82, 2.24) is 14.8 Å². The number of rotatable bonds is 7. The van der Waals surface area contributed by atoms with Gasteiger partial charge >= 0.3 is 0 Å². The van der Waals surface area contributed by atoms with Gasteiger partial charge in [-0.1, -0.05) is 6.07 Å². The van der Waals surface area contributed by atoms with Crippen LogP contribution in [0.1, 0.15) is 43.9 Å². The first-order valence-corrected chi connectivity index (χ1v) is 10.0. The summed E-state index contributed by atoms with van der Waals surface area (Å²) in [5.41, 5.74) is 2.82. The zero-order valence-electron chi connectivity index (χ0n) is 15.8. The molecule has 5 nitrogen and oxygen atoms in total. The van der Waals surface area contributed by atoms with Crippen LogP contribution in [0, 0.1) is 13.8 Å². The Bertz CT molecular complexity index is 771. The molecule has 3 heterocycles. The fourth-order valence-corrected chi connectivity index (χ4v) is 4.43. The molecular weight excluding hydrogens is 346 g/mol. The molecule has 1 aliphatic heterocycles. The summed E-state index contributed by atoms with van der Waals surface area (Å²) < 4.78 is 0. The molecule has 0 unspecified atom stereocenters. The van der Waals surface area contributed by atoms with E-state index in [-0.39, 0.29) is 11.6 Å². The highest BCUT2D eigenvalue weighted by Gasteiger charge is 2.23. The maximum absolute atomic E-state index is 12.7. The molecule has 0 radical (unpaired) electrons. The number of aromatic amines is 1. The van der Waals surface area contributed by atoms with Gasteiger partial charge in [-0.3, -0.25) is 14.5 Å². The van der Waals surface area contributed by atoms with Crippen LogP contribution in [-0.2, 0) is 6.42 Å². The molecule has 0 saturated carbocycles. The van der Waals surface area contributed by atoms with E-state index < -0.39 is 0 Å². The molecule has 0 amide bonds. The van der Waals surface area contributed by atoms with E-state index in [4.69, 9.17) is 0 Å². The van der Waals surface area contributed by atoms with Gasteiger partial charge in [-0.25, -0.2) is 0 Å². The molecule has 140 valence electrons. The SMILES string of the molecule is CC(=O)c1c(C)[nH]c(C(=O)CN2CCN(CCc3cccs3)CC2)c1C. The summed E-state index contributed by atoms with van der Waals surface area (Å²) in [5.74, 6) is 0.0831. The fraction of sp³-hybridized carbons (Fsp3) is 0.500. The highest BCUT2D eigenvalue weighted by atomic mass is 32.1. The first-order chi connectivity index (χ1) is 12.5. The molecule has 6 heteroatoms. The van der Waals surface area contributed by atoms with Gasteiger partial charge in [-0.2, -0.15) is 0 Å². The van der Waals surface area contributed by atoms with Crippen LogP contribution in [0.25, 0.3) is 0 Å². The number of H-pyrrole nitrogens is 1. The van der Waals surface area contributed by atoms with E-state index in [1.54, 1.807) is 6.92 Å². The van der Waals surface area contributed by atoms with Gasteiger partial charge in [0.2, 0.25) is 0 Å². The number of carbonyl (C=O) groups excluding carboxylic acids is 2. The highest BCUT2D eigenvalue weighted by molar-refractivity contribution is 7.09. The second kappa shape index (κ2) is 8.29. The lowest BCUT2D eigenvalue weighted by Crippen LogP contribution is -2.48. The van der Waals surface area contributed by atoms with Gasteiger partial charge < -0.3 is 9.88 Å². The van der Waals surface area contributed by atoms with Crippen LogP contribution in [0.2, 0.25) is 0 Å². The first kappa shape index (κ1) is 19.0. The molecule has 1 aliphatic rings. The smallest absolute Gasteiger partial charge is 0.193 e. The number of hydrogen-bond acceptors (Lipinski definition) is 5. The Morgan fingerprint density at radius 1 is 1.15 bits per heavy atom. The van der Waals surface area contributed by atoms with Crippen LogP contribution in [0.4, 0.5) is 0 Å². The number of piperazine rings is 1. The van der Waals surface area contributed by atoms with Gasteiger partial charge in [0, 0.05) is 48.9 Å². The van der Waals surface area contributed by atoms with Gasteiger partial charge in [-0.15, -0.1) is 11.3 Å². The Kier molecular flexibility index (Phi) is 6.06. The number of nitrogens with zero attached hydrogens (tertiary/aromatic N) is 2. The number of hydrogen-bond donors (Lipinski definition) is 1. The summed E-state index contributed by atoms with van der Waals surface area (Å²) in [7, 11) is 0. The number of thiophene rings is 1. The average Bonchev–Trinajstić information content (AvgIpc) is 3.22. The van der Waals surface area contributed by atoms with Crippen LogP contribution in [-0.4, -0.2) is 65.6 Å². The minimum Gasteiger partial charge on any atom is -0.355 e. The molecule has 0 bridgehead atoms. The lowest BCUT2D eigenvalue weighted by atomic mass is 10.1. The standard InChI is InChI=1S/C20H27N3O2S/c1-14-19(16(3)24)15(2)21-20(14)18(25)13-23-10-8-22(9-11-23)7-6-17-5-4-12-26-17/h4-5,12,21H,6-11,13H2,1-3H3. The number of Topliss-reactive ketones (excluding diaryl/α,β-unsaturated/α-hetero) is 2. The Morgan fingerprint density at radius 3 is 2.42 bits per heavy atom. The lowest BCUT2D eigenvalue weighted by Gasteiger charge is -2.34.